The van der Waals surface area contributed by atoms with Crippen molar-refractivity contribution >= 4 is 49.9 Å². The highest BCUT2D eigenvalue weighted by Gasteiger charge is 2.24. The van der Waals surface area contributed by atoms with Crippen LogP contribution < -0.4 is 5.32 Å². The van der Waals surface area contributed by atoms with Crippen LogP contribution in [0.2, 0.25) is 0 Å². The number of hydrogen-bond donors (Lipinski definition) is 1. The molecule has 5 heteroatoms. The van der Waals surface area contributed by atoms with Crippen LogP contribution in [0, 0.1) is 0 Å². The summed E-state index contributed by atoms with van der Waals surface area (Å²) in [5.41, 5.74) is 4.54. The van der Waals surface area contributed by atoms with E-state index in [4.69, 9.17) is 4.98 Å². The lowest BCUT2D eigenvalue weighted by molar-refractivity contribution is -0.111. The van der Waals surface area contributed by atoms with Crippen molar-refractivity contribution < 1.29 is 4.79 Å². The van der Waals surface area contributed by atoms with Gasteiger partial charge in [0.1, 0.15) is 10.0 Å². The zero-order valence-corrected chi connectivity index (χ0v) is 17.5. The summed E-state index contributed by atoms with van der Waals surface area (Å²) in [6.07, 6.45) is 8.02. The van der Waals surface area contributed by atoms with Crippen molar-refractivity contribution in [2.24, 2.45) is 0 Å². The van der Waals surface area contributed by atoms with Crippen LogP contribution >= 0.6 is 22.7 Å². The molecule has 29 heavy (non-hydrogen) atoms. The average Bonchev–Trinajstić information content (AvgIpc) is 3.33. The van der Waals surface area contributed by atoms with Gasteiger partial charge in [0, 0.05) is 16.5 Å². The molecule has 4 aromatic rings. The molecule has 0 fully saturated rings. The van der Waals surface area contributed by atoms with Crippen molar-refractivity contribution in [1.82, 2.24) is 4.98 Å². The second-order valence-corrected chi connectivity index (χ2v) is 9.27. The molecule has 2 aromatic carbocycles. The number of carbonyl (C=O) groups is 1. The normalized spacial score (nSPS) is 13.7. The number of anilines is 1. The van der Waals surface area contributed by atoms with Gasteiger partial charge in [-0.15, -0.1) is 22.7 Å². The summed E-state index contributed by atoms with van der Waals surface area (Å²) in [5.74, 6) is -0.102. The first-order valence-electron chi connectivity index (χ1n) is 9.82. The van der Waals surface area contributed by atoms with E-state index >= 15 is 0 Å². The molecule has 3 nitrogen and oxygen atoms in total. The lowest BCUT2D eigenvalue weighted by atomic mass is 9.96. The van der Waals surface area contributed by atoms with Gasteiger partial charge in [-0.05, 0) is 55.0 Å². The fourth-order valence-corrected chi connectivity index (χ4v) is 6.15. The largest absolute Gasteiger partial charge is 0.313 e. The van der Waals surface area contributed by atoms with Gasteiger partial charge < -0.3 is 5.32 Å². The van der Waals surface area contributed by atoms with Gasteiger partial charge in [-0.25, -0.2) is 4.98 Å². The molecular weight excluding hydrogens is 396 g/mol. The van der Waals surface area contributed by atoms with Crippen LogP contribution in [0.4, 0.5) is 5.00 Å². The number of benzene rings is 2. The van der Waals surface area contributed by atoms with Gasteiger partial charge in [0.15, 0.2) is 0 Å². The fraction of sp³-hybridized carbons (Fsp3) is 0.167. The van der Waals surface area contributed by atoms with Gasteiger partial charge in [0.2, 0.25) is 5.91 Å². The Morgan fingerprint density at radius 3 is 2.62 bits per heavy atom. The number of nitrogens with one attached hydrogen (secondary N) is 1. The number of thiazole rings is 1. The van der Waals surface area contributed by atoms with Crippen LogP contribution in [-0.4, -0.2) is 10.9 Å². The predicted molar refractivity (Wildman–Crippen MR) is 124 cm³/mol. The van der Waals surface area contributed by atoms with Crippen molar-refractivity contribution in [2.45, 2.75) is 25.7 Å². The highest BCUT2D eigenvalue weighted by atomic mass is 32.1. The van der Waals surface area contributed by atoms with E-state index in [2.05, 4.69) is 17.4 Å². The van der Waals surface area contributed by atoms with Crippen molar-refractivity contribution in [2.75, 3.05) is 5.32 Å². The number of aryl methyl sites for hydroxylation is 1. The van der Waals surface area contributed by atoms with Crippen LogP contribution in [0.5, 0.6) is 0 Å². The molecule has 2 aromatic heterocycles. The minimum absolute atomic E-state index is 0.102. The molecule has 1 aliphatic carbocycles. The number of rotatable bonds is 4. The Kier molecular flexibility index (Phi) is 5.00. The quantitative estimate of drug-likeness (QED) is 0.383. The van der Waals surface area contributed by atoms with Crippen LogP contribution in [0.1, 0.15) is 28.8 Å². The maximum Gasteiger partial charge on any atom is 0.249 e. The molecule has 0 unspecified atom stereocenters. The Hall–Kier alpha value is -2.76. The van der Waals surface area contributed by atoms with Gasteiger partial charge in [0.25, 0.3) is 0 Å². The minimum atomic E-state index is -0.102. The van der Waals surface area contributed by atoms with E-state index in [9.17, 15) is 4.79 Å². The average molecular weight is 417 g/mol. The summed E-state index contributed by atoms with van der Waals surface area (Å²) in [6, 6.07) is 18.1. The first kappa shape index (κ1) is 18.3. The summed E-state index contributed by atoms with van der Waals surface area (Å²) < 4.78 is 1.18. The summed E-state index contributed by atoms with van der Waals surface area (Å²) in [6.45, 7) is 0. The third kappa shape index (κ3) is 3.76. The zero-order valence-electron chi connectivity index (χ0n) is 15.9. The third-order valence-corrected chi connectivity index (χ3v) is 7.40. The van der Waals surface area contributed by atoms with E-state index < -0.39 is 0 Å². The van der Waals surface area contributed by atoms with E-state index in [-0.39, 0.29) is 5.91 Å². The fourth-order valence-electron chi connectivity index (χ4n) is 3.75. The second kappa shape index (κ2) is 7.93. The summed E-state index contributed by atoms with van der Waals surface area (Å²) in [4.78, 5) is 18.9. The number of nitrogens with zero attached hydrogens (tertiary/aromatic N) is 1. The third-order valence-electron chi connectivity index (χ3n) is 5.14. The molecule has 0 aliphatic heterocycles. The summed E-state index contributed by atoms with van der Waals surface area (Å²) in [7, 11) is 0. The van der Waals surface area contributed by atoms with Crippen molar-refractivity contribution in [1.29, 1.82) is 0 Å². The molecule has 0 bridgehead atoms. The molecule has 0 saturated heterocycles. The maximum atomic E-state index is 12.6. The van der Waals surface area contributed by atoms with E-state index in [0.29, 0.717) is 0 Å². The van der Waals surface area contributed by atoms with Crippen molar-refractivity contribution in [3.05, 3.63) is 76.7 Å². The van der Waals surface area contributed by atoms with Crippen molar-refractivity contribution in [3.63, 3.8) is 0 Å². The summed E-state index contributed by atoms with van der Waals surface area (Å²) >= 11 is 3.42. The van der Waals surface area contributed by atoms with Crippen LogP contribution in [-0.2, 0) is 17.6 Å². The molecule has 1 N–H and O–H groups in total. The molecule has 1 aliphatic rings. The minimum Gasteiger partial charge on any atom is -0.313 e. The van der Waals surface area contributed by atoms with Gasteiger partial charge >= 0.3 is 0 Å². The van der Waals surface area contributed by atoms with Crippen molar-refractivity contribution in [3.8, 4) is 10.6 Å². The first-order valence-corrected chi connectivity index (χ1v) is 11.5. The number of carbonyl (C=O) groups excluding carboxylic acids is 1. The Bertz CT molecular complexity index is 1170. The number of para-hydroxylation sites is 1. The topological polar surface area (TPSA) is 42.0 Å². The van der Waals surface area contributed by atoms with E-state index in [1.165, 1.54) is 28.0 Å². The standard InChI is InChI=1S/C24H20N2OS2/c27-21(15-14-16-8-2-1-3-9-16)26-24-22(17-10-4-6-12-19(17)28-24)23-25-18-11-5-7-13-20(18)29-23/h1-3,5,7-9,11,13-15H,4,6,10,12H2,(H,26,27)/b15-14+. The molecule has 0 atom stereocenters. The first-order chi connectivity index (χ1) is 14.3. The Balaban J connectivity index is 1.50. The lowest BCUT2D eigenvalue weighted by Crippen LogP contribution is -2.07. The Morgan fingerprint density at radius 2 is 1.76 bits per heavy atom. The van der Waals surface area contributed by atoms with Gasteiger partial charge in [-0.1, -0.05) is 42.5 Å². The van der Waals surface area contributed by atoms with Gasteiger partial charge in [0.05, 0.1) is 10.2 Å². The van der Waals surface area contributed by atoms with E-state index in [0.717, 1.165) is 39.5 Å². The SMILES string of the molecule is O=C(/C=C/c1ccccc1)Nc1sc2c(c1-c1nc3ccccc3s1)CCCC2. The van der Waals surface area contributed by atoms with Crippen LogP contribution in [0.15, 0.2) is 60.7 Å². The molecule has 0 radical (unpaired) electrons. The maximum absolute atomic E-state index is 12.6. The smallest absolute Gasteiger partial charge is 0.249 e. The van der Waals surface area contributed by atoms with E-state index in [1.54, 1.807) is 28.7 Å². The molecular formula is C24H20N2OS2. The number of amides is 1. The van der Waals surface area contributed by atoms with Gasteiger partial charge in [-0.2, -0.15) is 0 Å². The van der Waals surface area contributed by atoms with E-state index in [1.807, 2.05) is 48.5 Å². The monoisotopic (exact) mass is 416 g/mol. The van der Waals surface area contributed by atoms with Crippen LogP contribution in [0.25, 0.3) is 26.9 Å². The second-order valence-electron chi connectivity index (χ2n) is 7.14. The summed E-state index contributed by atoms with van der Waals surface area (Å²) in [5, 5.41) is 5.08. The highest BCUT2D eigenvalue weighted by Crippen LogP contribution is 2.46. The molecule has 0 spiro atoms. The lowest BCUT2D eigenvalue weighted by Gasteiger charge is -2.11. The molecule has 144 valence electrons. The molecule has 1 amide bonds. The molecule has 2 heterocycles. The number of thiophene rings is 1. The predicted octanol–water partition coefficient (Wildman–Crippen LogP) is 6.56. The molecule has 5 rings (SSSR count). The highest BCUT2D eigenvalue weighted by molar-refractivity contribution is 7.22. The number of hydrogen-bond acceptors (Lipinski definition) is 4. The zero-order chi connectivity index (χ0) is 19.6. The number of fused-ring (bicyclic) bond motifs is 2. The van der Waals surface area contributed by atoms with Crippen LogP contribution in [0.3, 0.4) is 0 Å². The Labute approximate surface area is 177 Å². The molecule has 0 saturated carbocycles. The Morgan fingerprint density at radius 1 is 0.966 bits per heavy atom. The number of aromatic nitrogens is 1. The van der Waals surface area contributed by atoms with Gasteiger partial charge in [-0.3, -0.25) is 4.79 Å².